The Bertz CT molecular complexity index is 292. The molecule has 5 heteroatoms. The molecule has 15 heavy (non-hydrogen) atoms. The summed E-state index contributed by atoms with van der Waals surface area (Å²) in [7, 11) is 1.85. The van der Waals surface area contributed by atoms with Crippen molar-refractivity contribution < 1.29 is 4.79 Å². The average molecular weight is 227 g/mol. The third-order valence-electron chi connectivity index (χ3n) is 2.78. The van der Waals surface area contributed by atoms with Gasteiger partial charge in [-0.1, -0.05) is 18.7 Å². The van der Waals surface area contributed by atoms with Gasteiger partial charge in [-0.2, -0.15) is 0 Å². The molecule has 1 amide bonds. The lowest BCUT2D eigenvalue weighted by Crippen LogP contribution is -2.40. The Labute approximate surface area is 94.5 Å². The van der Waals surface area contributed by atoms with Gasteiger partial charge in [0.2, 0.25) is 5.91 Å². The Morgan fingerprint density at radius 2 is 2.40 bits per heavy atom. The number of nitrogens with one attached hydrogen (secondary N) is 1. The summed E-state index contributed by atoms with van der Waals surface area (Å²) in [4.78, 5) is 17.8. The molecule has 0 aliphatic carbocycles. The fourth-order valence-corrected chi connectivity index (χ4v) is 2.69. The van der Waals surface area contributed by atoms with Gasteiger partial charge in [0.05, 0.1) is 0 Å². The number of carbonyl (C=O) groups is 1. The molecule has 2 rings (SSSR count). The van der Waals surface area contributed by atoms with Crippen LogP contribution in [0.15, 0.2) is 4.99 Å². The highest BCUT2D eigenvalue weighted by atomic mass is 32.2. The first-order valence-electron chi connectivity index (χ1n) is 5.35. The third-order valence-corrected chi connectivity index (χ3v) is 4.03. The largest absolute Gasteiger partial charge is 0.353 e. The molecule has 1 saturated heterocycles. The molecule has 0 spiro atoms. The molecule has 0 aromatic carbocycles. The third kappa shape index (κ3) is 2.45. The SMILES string of the molecule is CC1CN=C(NC2CCN(C)C2=O)SC1. The molecular formula is C10H17N3OS. The number of amides is 1. The second kappa shape index (κ2) is 4.43. The van der Waals surface area contributed by atoms with Gasteiger partial charge in [-0.25, -0.2) is 0 Å². The maximum absolute atomic E-state index is 11.6. The molecule has 0 bridgehead atoms. The number of aliphatic imine (C=N–C) groups is 1. The molecule has 1 N–H and O–H groups in total. The quantitative estimate of drug-likeness (QED) is 0.711. The molecule has 1 fully saturated rings. The van der Waals surface area contributed by atoms with Crippen molar-refractivity contribution >= 4 is 22.8 Å². The Hall–Kier alpha value is -0.710. The van der Waals surface area contributed by atoms with Crippen LogP contribution in [0.4, 0.5) is 0 Å². The highest BCUT2D eigenvalue weighted by molar-refractivity contribution is 8.13. The van der Waals surface area contributed by atoms with Crippen LogP contribution in [0.1, 0.15) is 13.3 Å². The average Bonchev–Trinajstić information content (AvgIpc) is 2.53. The van der Waals surface area contributed by atoms with Crippen molar-refractivity contribution in [2.75, 3.05) is 25.9 Å². The number of hydrogen-bond donors (Lipinski definition) is 1. The first-order chi connectivity index (χ1) is 7.16. The summed E-state index contributed by atoms with van der Waals surface area (Å²) in [6.07, 6.45) is 0.893. The van der Waals surface area contributed by atoms with Gasteiger partial charge in [-0.05, 0) is 12.3 Å². The zero-order chi connectivity index (χ0) is 10.8. The monoisotopic (exact) mass is 227 g/mol. The second-order valence-electron chi connectivity index (χ2n) is 4.31. The number of hydrogen-bond acceptors (Lipinski definition) is 4. The standard InChI is InChI=1S/C10H17N3OS/c1-7-5-11-10(15-6-7)12-8-3-4-13(2)9(8)14/h7-8H,3-6H2,1-2H3,(H,11,12). The molecule has 0 aromatic heterocycles. The molecule has 2 unspecified atom stereocenters. The molecule has 2 atom stereocenters. The molecule has 0 radical (unpaired) electrons. The maximum Gasteiger partial charge on any atom is 0.244 e. The van der Waals surface area contributed by atoms with Crippen molar-refractivity contribution in [2.24, 2.45) is 10.9 Å². The highest BCUT2D eigenvalue weighted by Gasteiger charge is 2.30. The molecule has 2 aliphatic heterocycles. The predicted octanol–water partition coefficient (Wildman–Crippen LogP) is 0.546. The van der Waals surface area contributed by atoms with Gasteiger partial charge in [-0.3, -0.25) is 9.79 Å². The molecule has 4 nitrogen and oxygen atoms in total. The lowest BCUT2D eigenvalue weighted by atomic mass is 10.2. The van der Waals surface area contributed by atoms with Crippen molar-refractivity contribution in [2.45, 2.75) is 19.4 Å². The van der Waals surface area contributed by atoms with Crippen LogP contribution >= 0.6 is 11.8 Å². The maximum atomic E-state index is 11.6. The first-order valence-corrected chi connectivity index (χ1v) is 6.34. The number of rotatable bonds is 1. The molecule has 0 saturated carbocycles. The number of nitrogens with zero attached hydrogens (tertiary/aromatic N) is 2. The molecule has 2 aliphatic rings. The summed E-state index contributed by atoms with van der Waals surface area (Å²) in [5.74, 6) is 1.95. The van der Waals surface area contributed by atoms with E-state index in [1.807, 2.05) is 7.05 Å². The van der Waals surface area contributed by atoms with Gasteiger partial charge >= 0.3 is 0 Å². The Kier molecular flexibility index (Phi) is 3.19. The summed E-state index contributed by atoms with van der Waals surface area (Å²) in [6.45, 7) is 3.93. The van der Waals surface area contributed by atoms with Crippen LogP contribution in [0.3, 0.4) is 0 Å². The fraction of sp³-hybridized carbons (Fsp3) is 0.800. The number of thioether (sulfide) groups is 1. The van der Waals surface area contributed by atoms with Gasteiger partial charge in [0.1, 0.15) is 6.04 Å². The highest BCUT2D eigenvalue weighted by Crippen LogP contribution is 2.17. The summed E-state index contributed by atoms with van der Waals surface area (Å²) in [6, 6.07) is -0.0466. The lowest BCUT2D eigenvalue weighted by molar-refractivity contribution is -0.127. The van der Waals surface area contributed by atoms with E-state index >= 15 is 0 Å². The molecule has 84 valence electrons. The van der Waals surface area contributed by atoms with Crippen LogP contribution in [0.2, 0.25) is 0 Å². The molecular weight excluding hydrogens is 210 g/mol. The van der Waals surface area contributed by atoms with Gasteiger partial charge < -0.3 is 10.2 Å². The van der Waals surface area contributed by atoms with E-state index in [2.05, 4.69) is 17.2 Å². The van der Waals surface area contributed by atoms with Crippen LogP contribution in [0, 0.1) is 5.92 Å². The van der Waals surface area contributed by atoms with Crippen LogP contribution in [-0.4, -0.2) is 47.9 Å². The van der Waals surface area contributed by atoms with Crippen molar-refractivity contribution in [1.29, 1.82) is 0 Å². The summed E-state index contributed by atoms with van der Waals surface area (Å²) >= 11 is 1.73. The van der Waals surface area contributed by atoms with Crippen molar-refractivity contribution in [1.82, 2.24) is 10.2 Å². The number of likely N-dealkylation sites (N-methyl/N-ethyl adjacent to an activating group) is 1. The van der Waals surface area contributed by atoms with E-state index < -0.39 is 0 Å². The molecule has 2 heterocycles. The normalized spacial score (nSPS) is 31.7. The topological polar surface area (TPSA) is 44.7 Å². The van der Waals surface area contributed by atoms with Crippen LogP contribution in [0.5, 0.6) is 0 Å². The van der Waals surface area contributed by atoms with Crippen LogP contribution in [0.25, 0.3) is 0 Å². The minimum atomic E-state index is -0.0466. The van der Waals surface area contributed by atoms with E-state index in [0.717, 1.165) is 30.4 Å². The number of carbonyl (C=O) groups excluding carboxylic acids is 1. The molecule has 0 aromatic rings. The van der Waals surface area contributed by atoms with E-state index in [4.69, 9.17) is 0 Å². The van der Waals surface area contributed by atoms with E-state index in [-0.39, 0.29) is 11.9 Å². The lowest BCUT2D eigenvalue weighted by Gasteiger charge is -2.20. The van der Waals surface area contributed by atoms with Crippen molar-refractivity contribution in [3.05, 3.63) is 0 Å². The van der Waals surface area contributed by atoms with E-state index in [9.17, 15) is 4.79 Å². The van der Waals surface area contributed by atoms with E-state index in [1.165, 1.54) is 0 Å². The van der Waals surface area contributed by atoms with Gasteiger partial charge in [-0.15, -0.1) is 0 Å². The van der Waals surface area contributed by atoms with E-state index in [0.29, 0.717) is 5.92 Å². The summed E-state index contributed by atoms with van der Waals surface area (Å²) < 4.78 is 0. The Morgan fingerprint density at radius 3 is 2.93 bits per heavy atom. The van der Waals surface area contributed by atoms with E-state index in [1.54, 1.807) is 16.7 Å². The summed E-state index contributed by atoms with van der Waals surface area (Å²) in [5.41, 5.74) is 0. The zero-order valence-corrected chi connectivity index (χ0v) is 10.0. The van der Waals surface area contributed by atoms with Gasteiger partial charge in [0, 0.05) is 25.9 Å². The Morgan fingerprint density at radius 1 is 1.60 bits per heavy atom. The zero-order valence-electron chi connectivity index (χ0n) is 9.19. The number of likely N-dealkylation sites (tertiary alicyclic amines) is 1. The minimum Gasteiger partial charge on any atom is -0.353 e. The smallest absolute Gasteiger partial charge is 0.244 e. The minimum absolute atomic E-state index is 0.0466. The summed E-state index contributed by atoms with van der Waals surface area (Å²) in [5, 5.41) is 4.19. The van der Waals surface area contributed by atoms with Crippen molar-refractivity contribution in [3.8, 4) is 0 Å². The first kappa shape index (κ1) is 10.8. The van der Waals surface area contributed by atoms with Gasteiger partial charge in [0.25, 0.3) is 0 Å². The second-order valence-corrected chi connectivity index (χ2v) is 5.32. The Balaban J connectivity index is 1.90. The van der Waals surface area contributed by atoms with Crippen molar-refractivity contribution in [3.63, 3.8) is 0 Å². The van der Waals surface area contributed by atoms with Crippen LogP contribution < -0.4 is 5.32 Å². The fourth-order valence-electron chi connectivity index (χ4n) is 1.75. The van der Waals surface area contributed by atoms with Crippen LogP contribution in [-0.2, 0) is 4.79 Å². The predicted molar refractivity (Wildman–Crippen MR) is 63.1 cm³/mol. The van der Waals surface area contributed by atoms with Gasteiger partial charge in [0.15, 0.2) is 5.17 Å². The number of amidine groups is 1.